The van der Waals surface area contributed by atoms with E-state index >= 15 is 0 Å². The summed E-state index contributed by atoms with van der Waals surface area (Å²) in [5.41, 5.74) is 3.04. The summed E-state index contributed by atoms with van der Waals surface area (Å²) in [7, 11) is 0. The Kier molecular flexibility index (Phi) is 4.71. The van der Waals surface area contributed by atoms with E-state index in [9.17, 15) is 9.90 Å². The average molecular weight is 471 g/mol. The first-order chi connectivity index (χ1) is 15.7. The van der Waals surface area contributed by atoms with Crippen molar-refractivity contribution in [3.63, 3.8) is 0 Å². The van der Waals surface area contributed by atoms with Crippen molar-refractivity contribution in [2.75, 3.05) is 0 Å². The van der Waals surface area contributed by atoms with Crippen LogP contribution in [0.1, 0.15) is 69.2 Å². The van der Waals surface area contributed by atoms with Crippen LogP contribution in [0.5, 0.6) is 0 Å². The molecule has 3 saturated carbocycles. The first-order valence-electron chi connectivity index (χ1n) is 12.1. The van der Waals surface area contributed by atoms with Crippen LogP contribution >= 0.6 is 11.6 Å². The smallest absolute Gasteiger partial charge is 0.271 e. The number of benzene rings is 1. The molecule has 4 fully saturated rings. The fourth-order valence-electron chi connectivity index (χ4n) is 7.89. The van der Waals surface area contributed by atoms with Gasteiger partial charge in [-0.25, -0.2) is 15.2 Å². The summed E-state index contributed by atoms with van der Waals surface area (Å²) in [6.45, 7) is 4.60. The number of fused-ring (bicyclic) bond motifs is 2. The van der Waals surface area contributed by atoms with Gasteiger partial charge in [0.2, 0.25) is 0 Å². The Balaban J connectivity index is 1.30. The summed E-state index contributed by atoms with van der Waals surface area (Å²) < 4.78 is 0. The zero-order valence-corrected chi connectivity index (χ0v) is 19.9. The molecule has 0 radical (unpaired) electrons. The normalized spacial score (nSPS) is 46.5. The zero-order valence-electron chi connectivity index (χ0n) is 19.1. The Morgan fingerprint density at radius 1 is 1.15 bits per heavy atom. The van der Waals surface area contributed by atoms with E-state index in [1.807, 2.05) is 0 Å². The minimum Gasteiger partial charge on any atom is -0.393 e. The van der Waals surface area contributed by atoms with Crippen molar-refractivity contribution in [3.8, 4) is 0 Å². The molecule has 0 unspecified atom stereocenters. The third-order valence-corrected chi connectivity index (χ3v) is 9.97. The highest BCUT2D eigenvalue weighted by Crippen LogP contribution is 2.70. The molecular formula is C26H31ClN2O4. The second-order valence-corrected chi connectivity index (χ2v) is 11.6. The number of rotatable bonds is 2. The molecule has 2 bridgehead atoms. The van der Waals surface area contributed by atoms with E-state index in [0.29, 0.717) is 22.9 Å². The van der Waals surface area contributed by atoms with Gasteiger partial charge < -0.3 is 5.11 Å². The van der Waals surface area contributed by atoms with Crippen LogP contribution in [-0.4, -0.2) is 34.0 Å². The number of carbonyl (C=O) groups is 1. The summed E-state index contributed by atoms with van der Waals surface area (Å²) in [6, 6.07) is 6.89. The molecule has 2 heterocycles. The molecule has 4 aliphatic carbocycles. The molecule has 1 amide bonds. The van der Waals surface area contributed by atoms with E-state index in [4.69, 9.17) is 21.4 Å². The van der Waals surface area contributed by atoms with E-state index in [2.05, 4.69) is 36.5 Å². The number of hydrogen-bond acceptors (Lipinski definition) is 5. The minimum atomic E-state index is -0.536. The van der Waals surface area contributed by atoms with E-state index in [1.54, 1.807) is 24.3 Å². The van der Waals surface area contributed by atoms with Crippen LogP contribution in [0.3, 0.4) is 0 Å². The van der Waals surface area contributed by atoms with Gasteiger partial charge in [-0.3, -0.25) is 4.79 Å². The molecule has 7 rings (SSSR count). The zero-order chi connectivity index (χ0) is 23.1. The molecule has 7 atom stereocenters. The van der Waals surface area contributed by atoms with Crippen molar-refractivity contribution in [2.45, 2.75) is 76.1 Å². The van der Waals surface area contributed by atoms with Gasteiger partial charge in [0, 0.05) is 45.4 Å². The van der Waals surface area contributed by atoms with Gasteiger partial charge in [0.1, 0.15) is 11.2 Å². The van der Waals surface area contributed by atoms with Crippen LogP contribution in [0.15, 0.2) is 41.5 Å². The van der Waals surface area contributed by atoms with E-state index in [0.717, 1.165) is 44.2 Å². The Labute approximate surface area is 199 Å². The SMILES string of the molecule is C[C@]12CC[C@H]3[C@]4(C=C[C@]5(C[C@@H](O)CC[C@]35C)OO4)[C@@H]1CC/C2=N\NC(=O)c1cccc(Cl)c1. The number of hydrazone groups is 1. The van der Waals surface area contributed by atoms with E-state index < -0.39 is 11.2 Å². The molecule has 2 spiro atoms. The molecule has 2 aliphatic heterocycles. The number of carbonyl (C=O) groups excluding carboxylic acids is 1. The summed E-state index contributed by atoms with van der Waals surface area (Å²) in [5, 5.41) is 15.5. The van der Waals surface area contributed by atoms with Gasteiger partial charge >= 0.3 is 0 Å². The molecule has 7 heteroatoms. The monoisotopic (exact) mass is 470 g/mol. The average Bonchev–Trinajstić information content (AvgIpc) is 3.14. The van der Waals surface area contributed by atoms with Gasteiger partial charge in [-0.15, -0.1) is 0 Å². The lowest BCUT2D eigenvalue weighted by atomic mass is 9.43. The highest BCUT2D eigenvalue weighted by molar-refractivity contribution is 6.30. The van der Waals surface area contributed by atoms with Crippen molar-refractivity contribution in [1.29, 1.82) is 0 Å². The van der Waals surface area contributed by atoms with Gasteiger partial charge in [0.05, 0.1) is 6.10 Å². The molecule has 33 heavy (non-hydrogen) atoms. The number of aliphatic hydroxyl groups excluding tert-OH is 1. The Morgan fingerprint density at radius 3 is 2.76 bits per heavy atom. The molecular weight excluding hydrogens is 440 g/mol. The van der Waals surface area contributed by atoms with Crippen molar-refractivity contribution in [3.05, 3.63) is 47.0 Å². The number of aliphatic hydroxyl groups is 1. The lowest BCUT2D eigenvalue weighted by Gasteiger charge is -2.69. The summed E-state index contributed by atoms with van der Waals surface area (Å²) in [5.74, 6) is 0.315. The van der Waals surface area contributed by atoms with Crippen molar-refractivity contribution >= 4 is 23.2 Å². The quantitative estimate of drug-likeness (QED) is 0.369. The van der Waals surface area contributed by atoms with Crippen molar-refractivity contribution in [1.82, 2.24) is 5.43 Å². The van der Waals surface area contributed by atoms with Gasteiger partial charge in [0.15, 0.2) is 0 Å². The molecule has 1 aromatic rings. The lowest BCUT2D eigenvalue weighted by Crippen LogP contribution is -2.73. The highest BCUT2D eigenvalue weighted by atomic mass is 35.5. The number of nitrogens with one attached hydrogen (secondary N) is 1. The predicted molar refractivity (Wildman–Crippen MR) is 125 cm³/mol. The van der Waals surface area contributed by atoms with E-state index in [1.165, 1.54) is 0 Å². The number of nitrogens with zero attached hydrogens (tertiary/aromatic N) is 1. The van der Waals surface area contributed by atoms with Gasteiger partial charge in [0.25, 0.3) is 5.91 Å². The second kappa shape index (κ2) is 7.14. The van der Waals surface area contributed by atoms with Crippen LogP contribution in [0.4, 0.5) is 0 Å². The minimum absolute atomic E-state index is 0.0543. The van der Waals surface area contributed by atoms with Crippen LogP contribution in [0.25, 0.3) is 0 Å². The maximum absolute atomic E-state index is 12.6. The summed E-state index contributed by atoms with van der Waals surface area (Å²) in [4.78, 5) is 25.2. The fourth-order valence-corrected chi connectivity index (χ4v) is 8.08. The molecule has 176 valence electrons. The maximum Gasteiger partial charge on any atom is 0.271 e. The molecule has 2 N–H and O–H groups in total. The Morgan fingerprint density at radius 2 is 2.00 bits per heavy atom. The summed E-state index contributed by atoms with van der Waals surface area (Å²) in [6.07, 6.45) is 10.2. The molecule has 1 saturated heterocycles. The van der Waals surface area contributed by atoms with Crippen LogP contribution < -0.4 is 5.43 Å². The molecule has 0 aromatic heterocycles. The van der Waals surface area contributed by atoms with E-state index in [-0.39, 0.29) is 28.8 Å². The van der Waals surface area contributed by atoms with Crippen LogP contribution in [0, 0.1) is 22.7 Å². The Hall–Kier alpha value is -1.73. The fraction of sp³-hybridized carbons (Fsp3) is 0.615. The molecule has 6 aliphatic rings. The van der Waals surface area contributed by atoms with Crippen molar-refractivity contribution in [2.24, 2.45) is 27.8 Å². The van der Waals surface area contributed by atoms with Crippen LogP contribution in [0.2, 0.25) is 5.02 Å². The molecule has 1 aromatic carbocycles. The lowest BCUT2D eigenvalue weighted by molar-refractivity contribution is -0.496. The summed E-state index contributed by atoms with van der Waals surface area (Å²) >= 11 is 6.04. The first-order valence-corrected chi connectivity index (χ1v) is 12.5. The van der Waals surface area contributed by atoms with Crippen LogP contribution in [-0.2, 0) is 9.78 Å². The first kappa shape index (κ1) is 21.8. The maximum atomic E-state index is 12.6. The number of hydrogen-bond donors (Lipinski definition) is 2. The Bertz CT molecular complexity index is 1070. The topological polar surface area (TPSA) is 80.2 Å². The number of halogens is 1. The predicted octanol–water partition coefficient (Wildman–Crippen LogP) is 4.81. The second-order valence-electron chi connectivity index (χ2n) is 11.2. The third-order valence-electron chi connectivity index (χ3n) is 9.74. The van der Waals surface area contributed by atoms with Gasteiger partial charge in [-0.05, 0) is 62.8 Å². The van der Waals surface area contributed by atoms with Crippen molar-refractivity contribution < 1.29 is 19.7 Å². The number of amides is 1. The highest BCUT2D eigenvalue weighted by Gasteiger charge is 2.74. The third kappa shape index (κ3) is 2.84. The van der Waals surface area contributed by atoms with Gasteiger partial charge in [-0.1, -0.05) is 37.6 Å². The standard InChI is InChI=1S/C26H31ClN2O4/c1-23-10-9-20-24(2)11-8-18(30)15-25(24)12-13-26(20,33-32-25)19(23)6-7-21(23)28-29-22(31)16-4-3-5-17(27)14-16/h3-5,12-14,18-20,30H,6-11,15H2,1-2H3,(H,29,31)/b28-21+/t18-,19+,20+,23-,24+,25+,26-/m0/s1. The largest absolute Gasteiger partial charge is 0.393 e. The van der Waals surface area contributed by atoms with Gasteiger partial charge in [-0.2, -0.15) is 5.10 Å². The molecule has 6 nitrogen and oxygen atoms in total.